The van der Waals surface area contributed by atoms with E-state index in [1.165, 1.54) is 0 Å². The van der Waals surface area contributed by atoms with Crippen molar-refractivity contribution in [3.8, 4) is 0 Å². The lowest BCUT2D eigenvalue weighted by Crippen LogP contribution is -2.32. The van der Waals surface area contributed by atoms with Crippen molar-refractivity contribution in [2.75, 3.05) is 0 Å². The molecule has 0 spiro atoms. The molecule has 0 saturated carbocycles. The van der Waals surface area contributed by atoms with Gasteiger partial charge in [0.1, 0.15) is 0 Å². The van der Waals surface area contributed by atoms with E-state index >= 15 is 0 Å². The number of hydrogen-bond donors (Lipinski definition) is 0. The molecule has 0 aromatic heterocycles. The van der Waals surface area contributed by atoms with Crippen molar-refractivity contribution >= 4 is 41.2 Å². The van der Waals surface area contributed by atoms with Crippen LogP contribution >= 0.6 is 0 Å². The maximum atomic E-state index is 10.0. The summed E-state index contributed by atoms with van der Waals surface area (Å²) in [7, 11) is -2.13. The van der Waals surface area contributed by atoms with Gasteiger partial charge in [-0.1, -0.05) is 6.08 Å². The zero-order valence-corrected chi connectivity index (χ0v) is 16.9. The first-order valence-electron chi connectivity index (χ1n) is 7.79. The van der Waals surface area contributed by atoms with Crippen LogP contribution in [0.25, 0.3) is 0 Å². The molecule has 0 N–H and O–H groups in total. The minimum atomic E-state index is -1.24. The maximum Gasteiger partial charge on any atom is 0.314 e. The van der Waals surface area contributed by atoms with E-state index in [2.05, 4.69) is 42.2 Å². The van der Waals surface area contributed by atoms with Gasteiger partial charge in [-0.15, -0.1) is 6.58 Å². The molecule has 2 aliphatic rings. The van der Waals surface area contributed by atoms with Crippen LogP contribution in [0.1, 0.15) is 25.7 Å². The minimum Gasteiger partial charge on any atom is -0.458 e. The zero-order chi connectivity index (χ0) is 18.8. The van der Waals surface area contributed by atoms with E-state index in [0.717, 1.165) is 6.04 Å². The second-order valence-corrected chi connectivity index (χ2v) is 13.5. The highest BCUT2D eigenvalue weighted by Gasteiger charge is 2.20. The summed E-state index contributed by atoms with van der Waals surface area (Å²) in [6, 6.07) is 1.10. The van der Waals surface area contributed by atoms with Crippen LogP contribution in [0, 0.1) is 0 Å². The fourth-order valence-electron chi connectivity index (χ4n) is 1.75. The lowest BCUT2D eigenvalue weighted by Gasteiger charge is -2.21. The number of ether oxygens (including phenoxy) is 2. The van der Waals surface area contributed by atoms with Crippen LogP contribution in [0.3, 0.4) is 0 Å². The molecule has 7 nitrogen and oxygen atoms in total. The predicted molar refractivity (Wildman–Crippen MR) is 93.1 cm³/mol. The highest BCUT2D eigenvalue weighted by molar-refractivity contribution is 6.77. The highest BCUT2D eigenvalue weighted by atomic mass is 28.4. The van der Waals surface area contributed by atoms with Crippen LogP contribution in [0.5, 0.6) is 0 Å². The van der Waals surface area contributed by atoms with Gasteiger partial charge in [0.25, 0.3) is 0 Å². The van der Waals surface area contributed by atoms with Gasteiger partial charge in [0.05, 0.1) is 25.7 Å². The van der Waals surface area contributed by atoms with Crippen LogP contribution in [-0.4, -0.2) is 41.2 Å². The first-order valence-corrected chi connectivity index (χ1v) is 13.6. The van der Waals surface area contributed by atoms with Crippen molar-refractivity contribution in [2.45, 2.75) is 57.9 Å². The Bertz CT molecular complexity index is 425. The second-order valence-electron chi connectivity index (χ2n) is 6.26. The molecule has 1 atom stereocenters. The Morgan fingerprint density at radius 3 is 1.46 bits per heavy atom. The lowest BCUT2D eigenvalue weighted by atomic mass is 10.4. The van der Waals surface area contributed by atoms with Gasteiger partial charge >= 0.3 is 23.9 Å². The summed E-state index contributed by atoms with van der Waals surface area (Å²) in [5.41, 5.74) is 0. The number of cyclic esters (lactones) is 4. The van der Waals surface area contributed by atoms with E-state index in [1.807, 2.05) is 6.08 Å². The van der Waals surface area contributed by atoms with Gasteiger partial charge < -0.3 is 13.6 Å². The predicted octanol–water partition coefficient (Wildman–Crippen LogP) is 2.08. The monoisotopic (exact) mass is 374 g/mol. The Balaban J connectivity index is 0.000000337. The van der Waals surface area contributed by atoms with Crippen LogP contribution in [-0.2, 0) is 32.8 Å². The Kier molecular flexibility index (Phi) is 10.3. The summed E-state index contributed by atoms with van der Waals surface area (Å²) in [4.78, 5) is 40.0. The molecule has 0 bridgehead atoms. The third-order valence-electron chi connectivity index (χ3n) is 2.58. The van der Waals surface area contributed by atoms with Gasteiger partial charge in [-0.2, -0.15) is 0 Å². The Morgan fingerprint density at radius 1 is 0.958 bits per heavy atom. The summed E-state index contributed by atoms with van der Waals surface area (Å²) < 4.78 is 14.1. The lowest BCUT2D eigenvalue weighted by molar-refractivity contribution is -0.153. The van der Waals surface area contributed by atoms with E-state index in [1.54, 1.807) is 0 Å². The zero-order valence-electron chi connectivity index (χ0n) is 14.8. The largest absolute Gasteiger partial charge is 0.458 e. The number of carbonyl (C=O) groups excluding carboxylic acids is 4. The fraction of sp³-hybridized carbons (Fsp3) is 0.600. The van der Waals surface area contributed by atoms with Crippen LogP contribution in [0.15, 0.2) is 12.7 Å². The van der Waals surface area contributed by atoms with Crippen molar-refractivity contribution in [1.82, 2.24) is 0 Å². The molecule has 2 heterocycles. The molecule has 2 saturated heterocycles. The van der Waals surface area contributed by atoms with Gasteiger partial charge in [-0.05, 0) is 32.2 Å². The Hall–Kier alpha value is -1.59. The van der Waals surface area contributed by atoms with E-state index in [0.29, 0.717) is 0 Å². The molecule has 2 fully saturated rings. The molecular weight excluding hydrogens is 348 g/mol. The summed E-state index contributed by atoms with van der Waals surface area (Å²) in [6.07, 6.45) is 3.02. The summed E-state index contributed by atoms with van der Waals surface area (Å²) in [6.45, 7) is 12.6. The molecule has 0 aromatic carbocycles. The average Bonchev–Trinajstić information content (AvgIpc) is 2.97. The second kappa shape index (κ2) is 11.1. The van der Waals surface area contributed by atoms with Crippen molar-refractivity contribution in [1.29, 1.82) is 0 Å². The number of rotatable bonds is 4. The topological polar surface area (TPSA) is 96.0 Å². The molecule has 0 aromatic rings. The first kappa shape index (κ1) is 22.4. The third-order valence-corrected chi connectivity index (χ3v) is 8.01. The molecule has 9 heteroatoms. The van der Waals surface area contributed by atoms with Gasteiger partial charge in [-0.3, -0.25) is 19.2 Å². The van der Waals surface area contributed by atoms with Crippen LogP contribution < -0.4 is 0 Å². The van der Waals surface area contributed by atoms with Gasteiger partial charge in [0.15, 0.2) is 17.4 Å². The van der Waals surface area contributed by atoms with E-state index < -0.39 is 41.2 Å². The minimum absolute atomic E-state index is 0.263. The highest BCUT2D eigenvalue weighted by Crippen LogP contribution is 2.07. The van der Waals surface area contributed by atoms with Gasteiger partial charge in [-0.25, -0.2) is 0 Å². The number of esters is 4. The fourth-order valence-corrected chi connectivity index (χ4v) is 7.44. The van der Waals surface area contributed by atoms with E-state index in [4.69, 9.17) is 4.12 Å². The van der Waals surface area contributed by atoms with E-state index in [9.17, 15) is 19.2 Å². The third kappa shape index (κ3) is 12.9. The number of allylic oxidation sites excluding steroid dienone is 1. The summed E-state index contributed by atoms with van der Waals surface area (Å²) in [5, 5.41) is 0. The Labute approximate surface area is 145 Å². The molecule has 0 amide bonds. The van der Waals surface area contributed by atoms with Gasteiger partial charge in [0.2, 0.25) is 0 Å². The quantitative estimate of drug-likeness (QED) is 0.322. The number of hydrogen-bond acceptors (Lipinski definition) is 7. The van der Waals surface area contributed by atoms with Crippen LogP contribution in [0.4, 0.5) is 0 Å². The maximum absolute atomic E-state index is 10.0. The molecular formula is C15H26O7Si2. The Morgan fingerprint density at radius 2 is 1.29 bits per heavy atom. The SMILES string of the molecule is C=CC[SiH](C)O[Si](C)(C)C.O=C1CCC(=O)O1.O=C1CCC(=O)O1. The van der Waals surface area contributed by atoms with Crippen molar-refractivity contribution in [2.24, 2.45) is 0 Å². The number of carbonyl (C=O) groups is 4. The van der Waals surface area contributed by atoms with Crippen LogP contribution in [0.2, 0.25) is 32.2 Å². The standard InChI is InChI=1S/C7H18OSi2.2C4H4O3/c1-6-7-9(2)8-10(3,4)5;2*5-3-1-2-4(6)7-3/h6,9H,1,7H2,2-5H3;2*1-2H2. The normalized spacial score (nSPS) is 17.8. The van der Waals surface area contributed by atoms with Crippen molar-refractivity contribution in [3.05, 3.63) is 12.7 Å². The molecule has 1 unspecified atom stereocenters. The molecule has 2 aliphatic heterocycles. The van der Waals surface area contributed by atoms with Crippen molar-refractivity contribution in [3.63, 3.8) is 0 Å². The molecule has 0 aliphatic carbocycles. The van der Waals surface area contributed by atoms with Crippen molar-refractivity contribution < 1.29 is 32.8 Å². The average molecular weight is 375 g/mol. The molecule has 24 heavy (non-hydrogen) atoms. The van der Waals surface area contributed by atoms with E-state index in [-0.39, 0.29) is 25.7 Å². The molecule has 0 radical (unpaired) electrons. The van der Waals surface area contributed by atoms with Gasteiger partial charge in [0, 0.05) is 0 Å². The first-order chi connectivity index (χ1) is 11.0. The molecule has 2 rings (SSSR count). The summed E-state index contributed by atoms with van der Waals surface area (Å²) >= 11 is 0. The molecule has 136 valence electrons. The smallest absolute Gasteiger partial charge is 0.314 e. The summed E-state index contributed by atoms with van der Waals surface area (Å²) in [5.74, 6) is -1.59.